The molecule has 1 N–H and O–H groups in total. The van der Waals surface area contributed by atoms with Crippen LogP contribution >= 0.6 is 0 Å². The summed E-state index contributed by atoms with van der Waals surface area (Å²) in [5.74, 6) is 5.94. The number of fused-ring (bicyclic) bond motifs is 5. The van der Waals surface area contributed by atoms with E-state index in [2.05, 4.69) is 47.6 Å². The first-order valence-corrected chi connectivity index (χ1v) is 16.9. The Bertz CT molecular complexity index is 1180. The standard InChI is InChI=1S/C38H56O4/c1-24(2)25(3)8-9-26(4)31-14-15-32-30-13-12-28-23-29(18-20-37(28,5)33(30)19-21-38(31,32)6)42-36(40)17-11-27-10-16-34(39)35(22-27)41-7/h10-12,16-17,22,24-26,29-33,39H,8-9,13-15,18-21,23H2,1-7H3/b17-11+/t25?,26-,29+,30?,31-,32?,33?,37+,38-/m1/s1. The first kappa shape index (κ1) is 31.2. The fraction of sp³-hybridized carbons (Fsp3) is 0.711. The number of methoxy groups -OCH3 is 1. The topological polar surface area (TPSA) is 55.8 Å². The fourth-order valence-electron chi connectivity index (χ4n) is 9.93. The molecule has 9 atom stereocenters. The van der Waals surface area contributed by atoms with E-state index in [9.17, 15) is 9.90 Å². The third kappa shape index (κ3) is 5.93. The number of phenolic OH excluding ortho intramolecular Hbond substituents is 1. The van der Waals surface area contributed by atoms with Gasteiger partial charge in [0.05, 0.1) is 7.11 Å². The highest BCUT2D eigenvalue weighted by atomic mass is 16.5. The lowest BCUT2D eigenvalue weighted by atomic mass is 9.47. The highest BCUT2D eigenvalue weighted by Crippen LogP contribution is 2.67. The number of benzene rings is 1. The molecule has 0 bridgehead atoms. The molecule has 1 aromatic carbocycles. The summed E-state index contributed by atoms with van der Waals surface area (Å²) in [7, 11) is 1.52. The van der Waals surface area contributed by atoms with Crippen LogP contribution in [-0.4, -0.2) is 24.3 Å². The third-order valence-corrected chi connectivity index (χ3v) is 12.9. The summed E-state index contributed by atoms with van der Waals surface area (Å²) in [4.78, 5) is 12.7. The quantitative estimate of drug-likeness (QED) is 0.181. The number of carbonyl (C=O) groups is 1. The zero-order chi connectivity index (χ0) is 30.2. The number of rotatable bonds is 9. The second-order valence-corrected chi connectivity index (χ2v) is 15.3. The first-order valence-electron chi connectivity index (χ1n) is 16.9. The molecule has 4 aliphatic carbocycles. The predicted molar refractivity (Wildman–Crippen MR) is 171 cm³/mol. The van der Waals surface area contributed by atoms with E-state index in [0.29, 0.717) is 11.2 Å². The molecule has 4 heteroatoms. The molecule has 0 radical (unpaired) electrons. The number of esters is 1. The highest BCUT2D eigenvalue weighted by molar-refractivity contribution is 5.87. The molecule has 3 saturated carbocycles. The van der Waals surface area contributed by atoms with Gasteiger partial charge in [-0.05, 0) is 121 Å². The molecule has 0 heterocycles. The van der Waals surface area contributed by atoms with Crippen LogP contribution in [0.15, 0.2) is 35.9 Å². The average Bonchev–Trinajstić information content (AvgIpc) is 3.32. The van der Waals surface area contributed by atoms with E-state index in [1.165, 1.54) is 58.1 Å². The van der Waals surface area contributed by atoms with Gasteiger partial charge in [0.15, 0.2) is 11.5 Å². The zero-order valence-electron chi connectivity index (χ0n) is 27.3. The van der Waals surface area contributed by atoms with Crippen LogP contribution in [0.1, 0.15) is 111 Å². The van der Waals surface area contributed by atoms with E-state index in [-0.39, 0.29) is 23.2 Å². The van der Waals surface area contributed by atoms with Crippen molar-refractivity contribution in [1.29, 1.82) is 0 Å². The molecule has 1 aromatic rings. The van der Waals surface area contributed by atoms with Crippen LogP contribution in [-0.2, 0) is 9.53 Å². The highest BCUT2D eigenvalue weighted by Gasteiger charge is 2.59. The van der Waals surface area contributed by atoms with Gasteiger partial charge in [-0.15, -0.1) is 0 Å². The van der Waals surface area contributed by atoms with Gasteiger partial charge in [0.1, 0.15) is 6.10 Å². The number of hydrogen-bond acceptors (Lipinski definition) is 4. The van der Waals surface area contributed by atoms with Gasteiger partial charge < -0.3 is 14.6 Å². The van der Waals surface area contributed by atoms with Crippen molar-refractivity contribution in [1.82, 2.24) is 0 Å². The first-order chi connectivity index (χ1) is 20.0. The second kappa shape index (κ2) is 12.4. The lowest BCUT2D eigenvalue weighted by Crippen LogP contribution is -2.51. The second-order valence-electron chi connectivity index (χ2n) is 15.3. The minimum absolute atomic E-state index is 0.0498. The van der Waals surface area contributed by atoms with Gasteiger partial charge >= 0.3 is 5.97 Å². The lowest BCUT2D eigenvalue weighted by Gasteiger charge is -2.58. The normalized spacial score (nSPS) is 35.6. The van der Waals surface area contributed by atoms with E-state index in [1.54, 1.807) is 29.8 Å². The monoisotopic (exact) mass is 576 g/mol. The molecule has 0 amide bonds. The van der Waals surface area contributed by atoms with Crippen LogP contribution in [0.4, 0.5) is 0 Å². The number of ether oxygens (including phenoxy) is 2. The molecular weight excluding hydrogens is 520 g/mol. The summed E-state index contributed by atoms with van der Waals surface area (Å²) in [5, 5.41) is 9.81. The Morgan fingerprint density at radius 1 is 1.05 bits per heavy atom. The molecular formula is C38H56O4. The molecule has 4 nitrogen and oxygen atoms in total. The van der Waals surface area contributed by atoms with Crippen LogP contribution in [0, 0.1) is 52.3 Å². The Morgan fingerprint density at radius 2 is 1.83 bits per heavy atom. The third-order valence-electron chi connectivity index (χ3n) is 12.9. The SMILES string of the molecule is COc1cc(/C=C/C(=O)O[C@H]2CC[C@@]3(C)C(=CCC4C3CC[C@@]3(C)C4CC[C@@H]3[C@H](C)CCC(C)C(C)C)C2)ccc1O. The summed E-state index contributed by atoms with van der Waals surface area (Å²) >= 11 is 0. The van der Waals surface area contributed by atoms with Crippen molar-refractivity contribution < 1.29 is 19.4 Å². The van der Waals surface area contributed by atoms with E-state index in [1.807, 2.05) is 0 Å². The Morgan fingerprint density at radius 3 is 2.57 bits per heavy atom. The molecule has 232 valence electrons. The van der Waals surface area contributed by atoms with E-state index < -0.39 is 0 Å². The molecule has 4 aliphatic rings. The summed E-state index contributed by atoms with van der Waals surface area (Å²) < 4.78 is 11.1. The van der Waals surface area contributed by atoms with Crippen molar-refractivity contribution in [3.8, 4) is 11.5 Å². The van der Waals surface area contributed by atoms with Crippen molar-refractivity contribution in [2.75, 3.05) is 7.11 Å². The van der Waals surface area contributed by atoms with E-state index in [4.69, 9.17) is 9.47 Å². The molecule has 4 unspecified atom stereocenters. The molecule has 3 fully saturated rings. The minimum Gasteiger partial charge on any atom is -0.504 e. The van der Waals surface area contributed by atoms with Crippen LogP contribution < -0.4 is 4.74 Å². The van der Waals surface area contributed by atoms with Crippen molar-refractivity contribution in [3.05, 3.63) is 41.5 Å². The van der Waals surface area contributed by atoms with Gasteiger partial charge in [0.25, 0.3) is 0 Å². The maximum Gasteiger partial charge on any atom is 0.331 e. The number of phenols is 1. The van der Waals surface area contributed by atoms with Crippen LogP contribution in [0.2, 0.25) is 0 Å². The maximum atomic E-state index is 12.7. The fourth-order valence-corrected chi connectivity index (χ4v) is 9.93. The molecule has 5 rings (SSSR count). The van der Waals surface area contributed by atoms with Gasteiger partial charge in [-0.1, -0.05) is 72.1 Å². The Balaban J connectivity index is 1.21. The molecule has 0 spiro atoms. The van der Waals surface area contributed by atoms with E-state index >= 15 is 0 Å². The Labute approximate surface area is 255 Å². The van der Waals surface area contributed by atoms with Gasteiger partial charge in [0, 0.05) is 12.5 Å². The molecule has 0 aromatic heterocycles. The number of allylic oxidation sites excluding steroid dienone is 1. The number of hydrogen-bond donors (Lipinski definition) is 1. The lowest BCUT2D eigenvalue weighted by molar-refractivity contribution is -0.145. The van der Waals surface area contributed by atoms with Crippen molar-refractivity contribution >= 4 is 12.0 Å². The van der Waals surface area contributed by atoms with Gasteiger partial charge in [-0.25, -0.2) is 4.79 Å². The molecule has 0 saturated heterocycles. The molecule has 0 aliphatic heterocycles. The average molecular weight is 577 g/mol. The predicted octanol–water partition coefficient (Wildman–Crippen LogP) is 9.61. The van der Waals surface area contributed by atoms with Crippen molar-refractivity contribution in [3.63, 3.8) is 0 Å². The van der Waals surface area contributed by atoms with Crippen LogP contribution in [0.3, 0.4) is 0 Å². The van der Waals surface area contributed by atoms with Gasteiger partial charge in [-0.2, -0.15) is 0 Å². The molecule has 42 heavy (non-hydrogen) atoms. The van der Waals surface area contributed by atoms with Crippen LogP contribution in [0.5, 0.6) is 11.5 Å². The summed E-state index contributed by atoms with van der Waals surface area (Å²) in [5.41, 5.74) is 3.09. The number of aromatic hydroxyl groups is 1. The van der Waals surface area contributed by atoms with Crippen molar-refractivity contribution in [2.24, 2.45) is 52.3 Å². The summed E-state index contributed by atoms with van der Waals surface area (Å²) in [6.07, 6.45) is 18.3. The van der Waals surface area contributed by atoms with Crippen LogP contribution in [0.25, 0.3) is 6.08 Å². The Hall–Kier alpha value is -2.23. The maximum absolute atomic E-state index is 12.7. The largest absolute Gasteiger partial charge is 0.504 e. The van der Waals surface area contributed by atoms with E-state index in [0.717, 1.165) is 66.3 Å². The van der Waals surface area contributed by atoms with Gasteiger partial charge in [0.2, 0.25) is 0 Å². The van der Waals surface area contributed by atoms with Crippen molar-refractivity contribution in [2.45, 2.75) is 112 Å². The summed E-state index contributed by atoms with van der Waals surface area (Å²) in [6.45, 7) is 15.0. The minimum atomic E-state index is -0.299. The number of carbonyl (C=O) groups excluding carboxylic acids is 1. The Kier molecular flexibility index (Phi) is 9.22. The van der Waals surface area contributed by atoms with Gasteiger partial charge in [-0.3, -0.25) is 0 Å². The zero-order valence-corrected chi connectivity index (χ0v) is 27.3. The smallest absolute Gasteiger partial charge is 0.331 e. The summed E-state index contributed by atoms with van der Waals surface area (Å²) in [6, 6.07) is 5.04.